The molecule has 0 saturated heterocycles. The number of unbranched alkanes of at least 4 members (excludes halogenated alkanes) is 4. The highest BCUT2D eigenvalue weighted by Crippen LogP contribution is 2.28. The number of nitrogens with one attached hydrogen (secondary N) is 1. The molecule has 1 amide bonds. The molecule has 0 saturated carbocycles. The van der Waals surface area contributed by atoms with Crippen molar-refractivity contribution in [3.05, 3.63) is 28.0 Å². The van der Waals surface area contributed by atoms with Gasteiger partial charge in [-0.25, -0.2) is 9.13 Å². The maximum Gasteiger partial charge on any atom is 0.254 e. The number of fused-ring (bicyclic) bond motifs is 1. The van der Waals surface area contributed by atoms with E-state index in [1.54, 1.807) is 14.0 Å². The van der Waals surface area contributed by atoms with E-state index in [0.717, 1.165) is 68.5 Å². The lowest BCUT2D eigenvalue weighted by molar-refractivity contribution is -0.678. The minimum absolute atomic E-state index is 0. The van der Waals surface area contributed by atoms with Gasteiger partial charge >= 0.3 is 0 Å². The van der Waals surface area contributed by atoms with Crippen LogP contribution >= 0.6 is 23.2 Å². The molecule has 0 radical (unpaired) electrons. The van der Waals surface area contributed by atoms with Crippen LogP contribution in [0.2, 0.25) is 10.0 Å². The average Bonchev–Trinajstić information content (AvgIpc) is 1.62. The van der Waals surface area contributed by atoms with E-state index in [9.17, 15) is 9.59 Å². The number of imidazole rings is 1. The fourth-order valence-electron chi connectivity index (χ4n) is 9.00. The number of aryl methyl sites for hydroxylation is 2. The molecule has 0 aliphatic rings. The molecule has 0 fully saturated rings. The van der Waals surface area contributed by atoms with E-state index in [4.69, 9.17) is 137 Å². The van der Waals surface area contributed by atoms with Crippen molar-refractivity contribution in [2.75, 3.05) is 324 Å². The summed E-state index contributed by atoms with van der Waals surface area (Å²) < 4.78 is 136. The van der Waals surface area contributed by atoms with E-state index in [1.807, 2.05) is 12.1 Å². The first kappa shape index (κ1) is 97.9. The number of halogens is 3. The van der Waals surface area contributed by atoms with Crippen LogP contribution < -0.4 is 26.9 Å². The molecule has 32 heteroatoms. The van der Waals surface area contributed by atoms with Gasteiger partial charge in [0, 0.05) is 45.6 Å². The maximum atomic E-state index is 12.4. The Bertz CT molecular complexity index is 2120. The van der Waals surface area contributed by atoms with Gasteiger partial charge in [0.05, 0.1) is 334 Å². The molecule has 0 aliphatic carbocycles. The van der Waals surface area contributed by atoms with E-state index in [0.29, 0.717) is 340 Å². The Kier molecular flexibility index (Phi) is 75.4. The minimum Gasteiger partial charge on any atom is -1.00 e. The highest BCUT2D eigenvalue weighted by atomic mass is 79.9. The molecule has 0 unspecified atom stereocenters. The second-order valence-electron chi connectivity index (χ2n) is 22.4. The number of aromatic nitrogens is 2. The number of ether oxygens (including phenoxy) is 24. The Morgan fingerprint density at radius 1 is 0.343 bits per heavy atom. The van der Waals surface area contributed by atoms with Gasteiger partial charge in [-0.1, -0.05) is 23.2 Å². The molecule has 2 aromatic rings. The topological polar surface area (TPSA) is 276 Å². The number of benzene rings is 1. The van der Waals surface area contributed by atoms with Gasteiger partial charge in [-0.3, -0.25) is 4.79 Å². The van der Waals surface area contributed by atoms with E-state index >= 15 is 0 Å². The highest BCUT2D eigenvalue weighted by molar-refractivity contribution is 6.42. The van der Waals surface area contributed by atoms with Crippen LogP contribution in [0, 0.1) is 6.92 Å². The molecule has 0 atom stereocenters. The average molecular weight is 1580 g/mol. The van der Waals surface area contributed by atoms with Crippen molar-refractivity contribution in [1.82, 2.24) is 9.88 Å². The molecule has 1 N–H and O–H groups in total. The van der Waals surface area contributed by atoms with Gasteiger partial charge < -0.3 is 141 Å². The number of ketones is 1. The van der Waals surface area contributed by atoms with E-state index in [2.05, 4.69) is 21.4 Å². The largest absolute Gasteiger partial charge is 1.00 e. The third kappa shape index (κ3) is 64.0. The molecule has 102 heavy (non-hydrogen) atoms. The summed E-state index contributed by atoms with van der Waals surface area (Å²) in [5.74, 6) is 1.40. The lowest BCUT2D eigenvalue weighted by atomic mass is 10.1. The molecule has 0 spiro atoms. The first-order valence-corrected chi connectivity index (χ1v) is 37.0. The first-order chi connectivity index (χ1) is 49.8. The zero-order valence-electron chi connectivity index (χ0n) is 61.8. The van der Waals surface area contributed by atoms with Crippen molar-refractivity contribution in [2.45, 2.75) is 78.3 Å². The number of carbonyl (C=O) groups is 2. The zero-order valence-corrected chi connectivity index (χ0v) is 64.9. The van der Waals surface area contributed by atoms with Crippen LogP contribution in [-0.2, 0) is 136 Å². The fourth-order valence-corrected chi connectivity index (χ4v) is 9.32. The Morgan fingerprint density at radius 3 is 0.863 bits per heavy atom. The number of Topliss-reactive ketones (excluding diaryl/α,β-unsaturated/α-hetero) is 1. The fraction of sp³-hybridized carbons (Fsp3) is 0.871. The SMILES string of the molecule is COCCOCCOCCOCCOCCOCCOCCOCCOCCOCCOCCOCCOCCOCCOCCOCCOCCOCCOCCOCCOCCOCCOCCOCCNC(=O)CCCCCn1c(C)[n+](CCCCCC(C)=O)c2cc(Cl)c(Cl)cc21.[Br-]. The van der Waals surface area contributed by atoms with Crippen LogP contribution in [0.5, 0.6) is 0 Å². The number of methoxy groups -OCH3 is 1. The van der Waals surface area contributed by atoms with Crippen LogP contribution in [0.1, 0.15) is 64.1 Å². The highest BCUT2D eigenvalue weighted by Gasteiger charge is 2.23. The van der Waals surface area contributed by atoms with Gasteiger partial charge in [0.1, 0.15) is 5.78 Å². The number of hydrogen-bond donors (Lipinski definition) is 1. The van der Waals surface area contributed by atoms with Crippen LogP contribution in [0.3, 0.4) is 0 Å². The summed E-state index contributed by atoms with van der Waals surface area (Å²) in [5.41, 5.74) is 2.11. The van der Waals surface area contributed by atoms with Crippen molar-refractivity contribution < 1.29 is 145 Å². The molecular weight excluding hydrogens is 1450 g/mol. The zero-order chi connectivity index (χ0) is 72.3. The monoisotopic (exact) mass is 1580 g/mol. The quantitative estimate of drug-likeness (QED) is 0.0735. The van der Waals surface area contributed by atoms with E-state index < -0.39 is 0 Å². The van der Waals surface area contributed by atoms with E-state index in [1.165, 1.54) is 0 Å². The number of nitrogens with zero attached hydrogens (tertiary/aromatic N) is 2. The number of amides is 1. The summed E-state index contributed by atoms with van der Waals surface area (Å²) in [6, 6.07) is 3.88. The van der Waals surface area contributed by atoms with Gasteiger partial charge in [0.25, 0.3) is 5.82 Å². The summed E-state index contributed by atoms with van der Waals surface area (Å²) in [6.07, 6.45) is 6.62. The molecule has 600 valence electrons. The Morgan fingerprint density at radius 2 is 0.588 bits per heavy atom. The van der Waals surface area contributed by atoms with Crippen molar-refractivity contribution >= 4 is 45.9 Å². The molecule has 1 aromatic carbocycles. The van der Waals surface area contributed by atoms with Gasteiger partial charge in [0.2, 0.25) is 5.91 Å². The second kappa shape index (κ2) is 78.5. The molecule has 1 aromatic heterocycles. The smallest absolute Gasteiger partial charge is 0.254 e. The lowest BCUT2D eigenvalue weighted by Gasteiger charge is -2.09. The standard InChI is InChI=1S/C70H127Cl2N3O26.BrH/c1-64(76)10-6-4-8-13-74-65(2)75(69-63-67(72)66(71)62-68(69)74)14-9-5-7-11-70(77)73-12-15-79-18-19-81-22-23-83-26-27-85-30-31-87-34-35-89-38-39-91-42-43-93-46-47-95-50-51-97-54-55-99-58-59-101-61-60-100-57-56-98-53-52-96-49-48-94-45-44-92-41-40-90-37-36-88-33-32-86-29-28-84-25-24-82-21-20-80-17-16-78-3;/h62-63H,4-61H2,1-3H3;1H. The Balaban J connectivity index is 0.0000520. The summed E-state index contributed by atoms with van der Waals surface area (Å²) in [5, 5.41) is 4.00. The van der Waals surface area contributed by atoms with E-state index in [-0.39, 0.29) is 28.7 Å². The molecule has 29 nitrogen and oxygen atoms in total. The van der Waals surface area contributed by atoms with Crippen molar-refractivity contribution in [3.63, 3.8) is 0 Å². The van der Waals surface area contributed by atoms with Crippen LogP contribution in [0.15, 0.2) is 12.1 Å². The maximum absolute atomic E-state index is 12.4. The van der Waals surface area contributed by atoms with Crippen molar-refractivity contribution in [2.24, 2.45) is 0 Å². The van der Waals surface area contributed by atoms with Crippen LogP contribution in [0.25, 0.3) is 11.0 Å². The summed E-state index contributed by atoms with van der Waals surface area (Å²) in [7, 11) is 1.64. The number of hydrogen-bond acceptors (Lipinski definition) is 26. The lowest BCUT2D eigenvalue weighted by Crippen LogP contribution is -3.00. The summed E-state index contributed by atoms with van der Waals surface area (Å²) >= 11 is 12.8. The third-order valence-corrected chi connectivity index (χ3v) is 15.0. The van der Waals surface area contributed by atoms with Gasteiger partial charge in [-0.15, -0.1) is 0 Å². The summed E-state index contributed by atoms with van der Waals surface area (Å²) in [4.78, 5) is 23.7. The second-order valence-corrected chi connectivity index (χ2v) is 23.2. The van der Waals surface area contributed by atoms with Gasteiger partial charge in [-0.2, -0.15) is 0 Å². The summed E-state index contributed by atoms with van der Waals surface area (Å²) in [6.45, 7) is 28.7. The predicted octanol–water partition coefficient (Wildman–Crippen LogP) is 2.40. The van der Waals surface area contributed by atoms with Gasteiger partial charge in [0.15, 0.2) is 11.0 Å². The molecule has 0 bridgehead atoms. The molecule has 1 heterocycles. The third-order valence-electron chi connectivity index (χ3n) is 14.3. The predicted molar refractivity (Wildman–Crippen MR) is 378 cm³/mol. The van der Waals surface area contributed by atoms with Crippen molar-refractivity contribution in [1.29, 1.82) is 0 Å². The number of rotatable bonds is 84. The molecular formula is C70H128BrCl2N3O26. The van der Waals surface area contributed by atoms with Crippen LogP contribution in [-0.4, -0.2) is 340 Å². The van der Waals surface area contributed by atoms with Crippen LogP contribution in [0.4, 0.5) is 0 Å². The molecule has 0 aliphatic heterocycles. The number of carbonyl (C=O) groups excluding carboxylic acids is 2. The first-order valence-electron chi connectivity index (χ1n) is 36.3. The Labute approximate surface area is 628 Å². The normalized spacial score (nSPS) is 11.7. The van der Waals surface area contributed by atoms with Gasteiger partial charge in [-0.05, 0) is 45.4 Å². The minimum atomic E-state index is 0. The molecule has 2 rings (SSSR count). The Hall–Kier alpha value is -2.07. The van der Waals surface area contributed by atoms with Crippen molar-refractivity contribution in [3.8, 4) is 0 Å².